The van der Waals surface area contributed by atoms with E-state index in [1.165, 1.54) is 7.11 Å². The van der Waals surface area contributed by atoms with E-state index >= 15 is 0 Å². The van der Waals surface area contributed by atoms with Crippen LogP contribution in [0.1, 0.15) is 24.6 Å². The van der Waals surface area contributed by atoms with Crippen LogP contribution < -0.4 is 5.56 Å². The Morgan fingerprint density at radius 3 is 2.81 bits per heavy atom. The van der Waals surface area contributed by atoms with Crippen molar-refractivity contribution in [1.82, 2.24) is 9.47 Å². The first kappa shape index (κ1) is 17.7. The maximum atomic E-state index is 12.6. The SMILES string of the molecule is COC(=O)[C@H]1[C@H](CO)[C@H]2Cn3c(cccc3=O)[C@H]2N1CC1CCOCC1. The number of pyridine rings is 1. The Kier molecular flexibility index (Phi) is 4.86. The third kappa shape index (κ3) is 2.78. The highest BCUT2D eigenvalue weighted by molar-refractivity contribution is 5.77. The number of carbonyl (C=O) groups excluding carboxylic acids is 1. The molecule has 26 heavy (non-hydrogen) atoms. The summed E-state index contributed by atoms with van der Waals surface area (Å²) in [6.07, 6.45) is 1.93. The van der Waals surface area contributed by atoms with Crippen LogP contribution in [0.3, 0.4) is 0 Å². The Labute approximate surface area is 152 Å². The monoisotopic (exact) mass is 362 g/mol. The number of methoxy groups -OCH3 is 1. The molecule has 0 bridgehead atoms. The lowest BCUT2D eigenvalue weighted by atomic mass is 9.88. The summed E-state index contributed by atoms with van der Waals surface area (Å²) in [6, 6.07) is 4.82. The average molecular weight is 362 g/mol. The smallest absolute Gasteiger partial charge is 0.323 e. The second kappa shape index (κ2) is 7.13. The van der Waals surface area contributed by atoms with Crippen molar-refractivity contribution in [2.45, 2.75) is 31.5 Å². The van der Waals surface area contributed by atoms with Gasteiger partial charge in [-0.1, -0.05) is 6.07 Å². The molecule has 1 N–H and O–H groups in total. The normalized spacial score (nSPS) is 31.6. The van der Waals surface area contributed by atoms with Gasteiger partial charge in [0, 0.05) is 56.5 Å². The Morgan fingerprint density at radius 2 is 2.12 bits per heavy atom. The predicted octanol–water partition coefficient (Wildman–Crippen LogP) is 0.411. The van der Waals surface area contributed by atoms with Gasteiger partial charge in [-0.15, -0.1) is 0 Å². The summed E-state index contributed by atoms with van der Waals surface area (Å²) < 4.78 is 12.3. The van der Waals surface area contributed by atoms with Gasteiger partial charge in [0.15, 0.2) is 0 Å². The summed E-state index contributed by atoms with van der Waals surface area (Å²) in [5.74, 6) is -0.0422. The van der Waals surface area contributed by atoms with Gasteiger partial charge in [-0.25, -0.2) is 0 Å². The summed E-state index contributed by atoms with van der Waals surface area (Å²) in [4.78, 5) is 27.0. The van der Waals surface area contributed by atoms with Gasteiger partial charge in [-0.05, 0) is 24.8 Å². The van der Waals surface area contributed by atoms with E-state index in [2.05, 4.69) is 4.90 Å². The first-order chi connectivity index (χ1) is 12.7. The van der Waals surface area contributed by atoms with Crippen molar-refractivity contribution in [3.63, 3.8) is 0 Å². The largest absolute Gasteiger partial charge is 0.468 e. The minimum absolute atomic E-state index is 0.0192. The highest BCUT2D eigenvalue weighted by Crippen LogP contribution is 2.49. The molecule has 0 radical (unpaired) electrons. The molecule has 1 aromatic heterocycles. The van der Waals surface area contributed by atoms with Crippen molar-refractivity contribution < 1.29 is 19.4 Å². The molecule has 3 aliphatic heterocycles. The van der Waals surface area contributed by atoms with Crippen LogP contribution in [0.5, 0.6) is 0 Å². The van der Waals surface area contributed by atoms with Gasteiger partial charge >= 0.3 is 5.97 Å². The molecule has 2 saturated heterocycles. The van der Waals surface area contributed by atoms with Crippen LogP contribution >= 0.6 is 0 Å². The molecule has 0 amide bonds. The third-order valence-corrected chi connectivity index (χ3v) is 6.32. The summed E-state index contributed by atoms with van der Waals surface area (Å²) in [5.41, 5.74) is 0.925. The van der Waals surface area contributed by atoms with E-state index < -0.39 is 6.04 Å². The quantitative estimate of drug-likeness (QED) is 0.782. The molecular formula is C19H26N2O5. The number of aromatic nitrogens is 1. The molecule has 4 rings (SSSR count). The Hall–Kier alpha value is -1.70. The standard InChI is InChI=1S/C19H26N2O5/c1-25-19(24)18-14(11-22)13-10-20-15(3-2-4-16(20)23)17(13)21(18)9-12-5-7-26-8-6-12/h2-4,12-14,17-18,22H,5-11H2,1H3/t13-,14-,17+,18-/m1/s1. The first-order valence-electron chi connectivity index (χ1n) is 9.37. The van der Waals surface area contributed by atoms with Crippen LogP contribution in [0.15, 0.2) is 23.0 Å². The van der Waals surface area contributed by atoms with Crippen LogP contribution in [0.25, 0.3) is 0 Å². The van der Waals surface area contributed by atoms with Crippen molar-refractivity contribution in [3.8, 4) is 0 Å². The number of nitrogens with zero attached hydrogens (tertiary/aromatic N) is 2. The van der Waals surface area contributed by atoms with Crippen molar-refractivity contribution in [2.75, 3.05) is 33.5 Å². The Morgan fingerprint density at radius 1 is 1.35 bits per heavy atom. The Balaban J connectivity index is 1.72. The number of carbonyl (C=O) groups is 1. The lowest BCUT2D eigenvalue weighted by molar-refractivity contribution is -0.148. The van der Waals surface area contributed by atoms with Crippen molar-refractivity contribution in [3.05, 3.63) is 34.2 Å². The number of ether oxygens (including phenoxy) is 2. The molecular weight excluding hydrogens is 336 g/mol. The fourth-order valence-electron chi connectivity index (χ4n) is 5.08. The van der Waals surface area contributed by atoms with Gasteiger partial charge in [0.05, 0.1) is 13.2 Å². The topological polar surface area (TPSA) is 81.0 Å². The molecule has 0 spiro atoms. The Bertz CT molecular complexity index is 727. The van der Waals surface area contributed by atoms with Crippen molar-refractivity contribution >= 4 is 5.97 Å². The summed E-state index contributed by atoms with van der Waals surface area (Å²) in [7, 11) is 1.40. The van der Waals surface area contributed by atoms with Crippen LogP contribution in [0.2, 0.25) is 0 Å². The molecule has 1 aromatic rings. The summed E-state index contributed by atoms with van der Waals surface area (Å²) in [5, 5.41) is 10.1. The number of aliphatic hydroxyl groups excluding tert-OH is 1. The number of aliphatic hydroxyl groups is 1. The van der Waals surface area contributed by atoms with Crippen LogP contribution in [0.4, 0.5) is 0 Å². The van der Waals surface area contributed by atoms with E-state index in [4.69, 9.17) is 9.47 Å². The lowest BCUT2D eigenvalue weighted by Gasteiger charge is -2.34. The molecule has 7 nitrogen and oxygen atoms in total. The maximum Gasteiger partial charge on any atom is 0.323 e. The van der Waals surface area contributed by atoms with Gasteiger partial charge in [-0.3, -0.25) is 14.5 Å². The molecule has 0 saturated carbocycles. The summed E-state index contributed by atoms with van der Waals surface area (Å²) in [6.45, 7) is 2.70. The van der Waals surface area contributed by atoms with E-state index in [0.29, 0.717) is 12.5 Å². The van der Waals surface area contributed by atoms with E-state index in [1.807, 2.05) is 6.07 Å². The molecule has 142 valence electrons. The zero-order valence-corrected chi connectivity index (χ0v) is 15.0. The number of esters is 1. The molecule has 4 heterocycles. The van der Waals surface area contributed by atoms with Gasteiger partial charge in [0.1, 0.15) is 6.04 Å². The second-order valence-corrected chi connectivity index (χ2v) is 7.58. The molecule has 0 unspecified atom stereocenters. The van der Waals surface area contributed by atoms with Gasteiger partial charge in [-0.2, -0.15) is 0 Å². The van der Waals surface area contributed by atoms with Gasteiger partial charge < -0.3 is 19.1 Å². The van der Waals surface area contributed by atoms with E-state index in [9.17, 15) is 14.7 Å². The molecule has 0 aliphatic carbocycles. The third-order valence-electron chi connectivity index (χ3n) is 6.32. The highest BCUT2D eigenvalue weighted by atomic mass is 16.5. The number of likely N-dealkylation sites (tertiary alicyclic amines) is 1. The molecule has 2 fully saturated rings. The fraction of sp³-hybridized carbons (Fsp3) is 0.684. The molecule has 0 aromatic carbocycles. The van der Waals surface area contributed by atoms with Gasteiger partial charge in [0.2, 0.25) is 0 Å². The molecule has 4 atom stereocenters. The van der Waals surface area contributed by atoms with Crippen LogP contribution in [-0.4, -0.2) is 60.1 Å². The number of hydrogen-bond donors (Lipinski definition) is 1. The van der Waals surface area contributed by atoms with E-state index in [1.54, 1.807) is 16.7 Å². The molecule has 7 heteroatoms. The fourth-order valence-corrected chi connectivity index (χ4v) is 5.08. The van der Waals surface area contributed by atoms with Crippen molar-refractivity contribution in [1.29, 1.82) is 0 Å². The van der Waals surface area contributed by atoms with E-state index in [-0.39, 0.29) is 36.0 Å². The zero-order valence-electron chi connectivity index (χ0n) is 15.0. The minimum atomic E-state index is -0.466. The van der Waals surface area contributed by atoms with Crippen molar-refractivity contribution in [2.24, 2.45) is 17.8 Å². The number of fused-ring (bicyclic) bond motifs is 3. The van der Waals surface area contributed by atoms with Crippen LogP contribution in [0, 0.1) is 17.8 Å². The zero-order chi connectivity index (χ0) is 18.3. The number of rotatable bonds is 4. The second-order valence-electron chi connectivity index (χ2n) is 7.58. The van der Waals surface area contributed by atoms with E-state index in [0.717, 1.165) is 38.3 Å². The predicted molar refractivity (Wildman–Crippen MR) is 93.6 cm³/mol. The minimum Gasteiger partial charge on any atom is -0.468 e. The molecule has 3 aliphatic rings. The lowest BCUT2D eigenvalue weighted by Crippen LogP contribution is -2.45. The number of hydrogen-bond acceptors (Lipinski definition) is 6. The van der Waals surface area contributed by atoms with Crippen LogP contribution in [-0.2, 0) is 20.8 Å². The first-order valence-corrected chi connectivity index (χ1v) is 9.37. The average Bonchev–Trinajstić information content (AvgIpc) is 3.18. The van der Waals surface area contributed by atoms with Gasteiger partial charge in [0.25, 0.3) is 5.56 Å². The maximum absolute atomic E-state index is 12.6. The summed E-state index contributed by atoms with van der Waals surface area (Å²) >= 11 is 0. The highest BCUT2D eigenvalue weighted by Gasteiger charge is 2.56.